The number of para-hydroxylation sites is 1. The highest BCUT2D eigenvalue weighted by Crippen LogP contribution is 2.26. The Morgan fingerprint density at radius 3 is 2.53 bits per heavy atom. The molecule has 0 aliphatic rings. The van der Waals surface area contributed by atoms with Gasteiger partial charge in [0.1, 0.15) is 19.7 Å². The maximum Gasteiger partial charge on any atom is 0.313 e. The first-order chi connectivity index (χ1) is 9.19. The molecule has 1 unspecified atom stereocenters. The summed E-state index contributed by atoms with van der Waals surface area (Å²) >= 11 is 0. The van der Waals surface area contributed by atoms with Crippen molar-refractivity contribution >= 4 is 19.1 Å². The lowest BCUT2D eigenvalue weighted by atomic mass is 10.3. The van der Waals surface area contributed by atoms with Crippen LogP contribution in [0.3, 0.4) is 0 Å². The molecule has 0 aliphatic carbocycles. The molecule has 1 aromatic rings. The Labute approximate surface area is 114 Å². The second kappa shape index (κ2) is 8.76. The highest BCUT2D eigenvalue weighted by Gasteiger charge is 2.15. The Morgan fingerprint density at radius 2 is 1.84 bits per heavy atom. The third-order valence-electron chi connectivity index (χ3n) is 2.42. The molecule has 1 rings (SSSR count). The highest BCUT2D eigenvalue weighted by molar-refractivity contribution is 7.54. The molecule has 1 atom stereocenters. The number of carbonyl (C=O) groups is 1. The fourth-order valence-electron chi connectivity index (χ4n) is 1.53. The van der Waals surface area contributed by atoms with E-state index >= 15 is 0 Å². The molecule has 0 heterocycles. The van der Waals surface area contributed by atoms with Gasteiger partial charge in [-0.25, -0.2) is 0 Å². The van der Waals surface area contributed by atoms with Gasteiger partial charge < -0.3 is 14.0 Å². The van der Waals surface area contributed by atoms with E-state index in [2.05, 4.69) is 0 Å². The molecular formula is C14H21O4P. The number of hydrogen-bond acceptors (Lipinski definition) is 4. The monoisotopic (exact) mass is 284 g/mol. The van der Waals surface area contributed by atoms with Crippen LogP contribution in [0.2, 0.25) is 0 Å². The van der Waals surface area contributed by atoms with Crippen LogP contribution in [0.1, 0.15) is 26.7 Å². The normalized spacial score (nSPS) is 11.9. The van der Waals surface area contributed by atoms with E-state index in [1.165, 1.54) is 0 Å². The van der Waals surface area contributed by atoms with Crippen LogP contribution < -0.4 is 10.0 Å². The number of ether oxygens (including phenoxy) is 2. The third-order valence-corrected chi connectivity index (χ3v) is 4.04. The zero-order valence-electron chi connectivity index (χ0n) is 11.5. The van der Waals surface area contributed by atoms with Crippen molar-refractivity contribution in [3.8, 4) is 5.75 Å². The molecule has 0 amide bonds. The first-order valence-corrected chi connectivity index (χ1v) is 8.21. The zero-order valence-corrected chi connectivity index (χ0v) is 12.5. The number of carbonyl (C=O) groups excluding carboxylic acids is 1. The van der Waals surface area contributed by atoms with E-state index in [-0.39, 0.29) is 6.16 Å². The van der Waals surface area contributed by atoms with Gasteiger partial charge in [0.05, 0.1) is 18.5 Å². The summed E-state index contributed by atoms with van der Waals surface area (Å²) < 4.78 is 22.7. The fourth-order valence-corrected chi connectivity index (χ4v) is 2.80. The van der Waals surface area contributed by atoms with E-state index in [4.69, 9.17) is 9.47 Å². The number of rotatable bonds is 8. The molecule has 0 N–H and O–H groups in total. The lowest BCUT2D eigenvalue weighted by Gasteiger charge is -2.10. The van der Waals surface area contributed by atoms with Gasteiger partial charge in [-0.1, -0.05) is 26.0 Å². The molecule has 106 valence electrons. The first kappa shape index (κ1) is 15.8. The molecule has 0 bridgehead atoms. The predicted octanol–water partition coefficient (Wildman–Crippen LogP) is 2.61. The summed E-state index contributed by atoms with van der Waals surface area (Å²) in [6.07, 6.45) is 1.59. The molecule has 19 heavy (non-hydrogen) atoms. The standard InChI is InChI=1S/C14H21O4P/c1-3-9-17-12-7-5-6-8-13(12)19(16)11-14(15)18-10-4-2/h5-8,19H,3-4,9-11H2,1-2H3. The van der Waals surface area contributed by atoms with Crippen LogP contribution >= 0.6 is 7.80 Å². The quantitative estimate of drug-likeness (QED) is 0.544. The number of hydrogen-bond donors (Lipinski definition) is 0. The van der Waals surface area contributed by atoms with E-state index in [0.29, 0.717) is 24.3 Å². The van der Waals surface area contributed by atoms with Gasteiger partial charge in [0.25, 0.3) is 0 Å². The van der Waals surface area contributed by atoms with Gasteiger partial charge in [-0.05, 0) is 25.0 Å². The molecule has 0 aromatic heterocycles. The van der Waals surface area contributed by atoms with E-state index in [9.17, 15) is 9.36 Å². The van der Waals surface area contributed by atoms with Gasteiger partial charge in [0.15, 0.2) is 0 Å². The maximum atomic E-state index is 12.2. The first-order valence-electron chi connectivity index (χ1n) is 6.59. The lowest BCUT2D eigenvalue weighted by Crippen LogP contribution is -2.13. The average Bonchev–Trinajstić information content (AvgIpc) is 2.43. The minimum atomic E-state index is -2.21. The summed E-state index contributed by atoms with van der Waals surface area (Å²) in [5.74, 6) is 0.201. The largest absolute Gasteiger partial charge is 0.493 e. The van der Waals surface area contributed by atoms with Crippen LogP contribution in [0, 0.1) is 0 Å². The van der Waals surface area contributed by atoms with E-state index in [0.717, 1.165) is 12.8 Å². The molecule has 4 nitrogen and oxygen atoms in total. The van der Waals surface area contributed by atoms with Crippen molar-refractivity contribution in [2.24, 2.45) is 0 Å². The van der Waals surface area contributed by atoms with Crippen molar-refractivity contribution in [1.29, 1.82) is 0 Å². The second-order valence-electron chi connectivity index (χ2n) is 4.17. The SMILES string of the molecule is CCCOC(=O)C[PH](=O)c1ccccc1OCCC. The topological polar surface area (TPSA) is 52.6 Å². The van der Waals surface area contributed by atoms with E-state index in [1.807, 2.05) is 19.9 Å². The van der Waals surface area contributed by atoms with Crippen molar-refractivity contribution in [3.05, 3.63) is 24.3 Å². The Hall–Kier alpha value is -1.28. The summed E-state index contributed by atoms with van der Waals surface area (Å²) in [5.41, 5.74) is 0. The molecule has 1 aromatic carbocycles. The van der Waals surface area contributed by atoms with Crippen molar-refractivity contribution < 1.29 is 18.8 Å². The van der Waals surface area contributed by atoms with Gasteiger partial charge in [0, 0.05) is 0 Å². The highest BCUT2D eigenvalue weighted by atomic mass is 31.1. The predicted molar refractivity (Wildman–Crippen MR) is 77.0 cm³/mol. The maximum absolute atomic E-state index is 12.2. The molecular weight excluding hydrogens is 263 g/mol. The van der Waals surface area contributed by atoms with Crippen molar-refractivity contribution in [3.63, 3.8) is 0 Å². The second-order valence-corrected chi connectivity index (χ2v) is 5.90. The van der Waals surface area contributed by atoms with E-state index < -0.39 is 13.8 Å². The minimum absolute atomic E-state index is 0.0584. The Balaban J connectivity index is 2.67. The van der Waals surface area contributed by atoms with Crippen LogP contribution in [-0.4, -0.2) is 25.3 Å². The molecule has 0 radical (unpaired) electrons. The summed E-state index contributed by atoms with van der Waals surface area (Å²) in [7, 11) is -2.21. The van der Waals surface area contributed by atoms with Crippen molar-refractivity contribution in [1.82, 2.24) is 0 Å². The Kier molecular flexibility index (Phi) is 7.27. The smallest absolute Gasteiger partial charge is 0.313 e. The van der Waals surface area contributed by atoms with Gasteiger partial charge in [-0.15, -0.1) is 0 Å². The van der Waals surface area contributed by atoms with Gasteiger partial charge >= 0.3 is 5.97 Å². The van der Waals surface area contributed by atoms with Crippen LogP contribution in [0.4, 0.5) is 0 Å². The minimum Gasteiger partial charge on any atom is -0.493 e. The lowest BCUT2D eigenvalue weighted by molar-refractivity contribution is -0.140. The molecule has 0 fully saturated rings. The van der Waals surface area contributed by atoms with Crippen molar-refractivity contribution in [2.75, 3.05) is 19.4 Å². The molecule has 0 saturated heterocycles. The number of benzene rings is 1. The molecule has 0 saturated carbocycles. The van der Waals surface area contributed by atoms with Crippen LogP contribution in [0.5, 0.6) is 5.75 Å². The Morgan fingerprint density at radius 1 is 1.16 bits per heavy atom. The summed E-state index contributed by atoms with van der Waals surface area (Å²) in [6.45, 7) is 4.88. The van der Waals surface area contributed by atoms with Crippen molar-refractivity contribution in [2.45, 2.75) is 26.7 Å². The van der Waals surface area contributed by atoms with Gasteiger partial charge in [-0.2, -0.15) is 0 Å². The van der Waals surface area contributed by atoms with E-state index in [1.54, 1.807) is 18.2 Å². The van der Waals surface area contributed by atoms with Crippen LogP contribution in [-0.2, 0) is 14.1 Å². The Bertz CT molecular complexity index is 431. The van der Waals surface area contributed by atoms with Crippen LogP contribution in [0.15, 0.2) is 24.3 Å². The van der Waals surface area contributed by atoms with Gasteiger partial charge in [-0.3, -0.25) is 4.79 Å². The van der Waals surface area contributed by atoms with Gasteiger partial charge in [0.2, 0.25) is 0 Å². The zero-order chi connectivity index (χ0) is 14.1. The fraction of sp³-hybridized carbons (Fsp3) is 0.500. The molecule has 0 spiro atoms. The molecule has 0 aliphatic heterocycles. The number of esters is 1. The summed E-state index contributed by atoms with van der Waals surface area (Å²) in [5, 5.41) is 0.620. The van der Waals surface area contributed by atoms with Crippen LogP contribution in [0.25, 0.3) is 0 Å². The average molecular weight is 284 g/mol. The third kappa shape index (κ3) is 5.48. The summed E-state index contributed by atoms with van der Waals surface area (Å²) in [4.78, 5) is 11.5. The summed E-state index contributed by atoms with van der Waals surface area (Å²) in [6, 6.07) is 7.16. The molecule has 5 heteroatoms.